The molecule has 39 heavy (non-hydrogen) atoms. The van der Waals surface area contributed by atoms with Gasteiger partial charge in [-0.1, -0.05) is 12.1 Å². The van der Waals surface area contributed by atoms with E-state index in [1.807, 2.05) is 43.3 Å². The highest BCUT2D eigenvalue weighted by molar-refractivity contribution is 7.17. The molecule has 4 aromatic rings. The van der Waals surface area contributed by atoms with Gasteiger partial charge in [0.15, 0.2) is 5.78 Å². The number of likely N-dealkylation sites (N-methyl/N-ethyl adjacent to an activating group) is 1. The Hall–Kier alpha value is -3.33. The van der Waals surface area contributed by atoms with Gasteiger partial charge in [-0.3, -0.25) is 14.6 Å². The SMILES string of the molecule is CC(=O)c1ccc(-c2cc(C3(NC(=O)c4cc(OC([Si])[C@@H]5CCN5C)ccc4C)CC3)c3cccnc3c2)s1. The molecule has 2 aromatic heterocycles. The Balaban J connectivity index is 1.31. The minimum atomic E-state index is -0.468. The first kappa shape index (κ1) is 25.9. The lowest BCUT2D eigenvalue weighted by Crippen LogP contribution is -2.53. The first-order valence-electron chi connectivity index (χ1n) is 13.3. The van der Waals surface area contributed by atoms with Crippen LogP contribution in [-0.2, 0) is 5.54 Å². The molecule has 0 spiro atoms. The molecule has 3 radical (unpaired) electrons. The summed E-state index contributed by atoms with van der Waals surface area (Å²) >= 11 is 1.48. The number of ether oxygens (including phenoxy) is 1. The molecule has 2 atom stereocenters. The quantitative estimate of drug-likeness (QED) is 0.232. The molecule has 6 rings (SSSR count). The number of aromatic nitrogens is 1. The number of pyridine rings is 1. The highest BCUT2D eigenvalue weighted by atomic mass is 32.1. The zero-order valence-corrected chi connectivity index (χ0v) is 24.1. The highest BCUT2D eigenvalue weighted by Gasteiger charge is 2.47. The molecule has 2 aliphatic rings. The fourth-order valence-electron chi connectivity index (χ4n) is 5.34. The standard InChI is InChI=1S/C31H30N3O3SSi/c1-18-6-7-21(37-30(39)26-10-14-34(26)3)17-23(18)29(36)33-31(11-12-31)24-15-20(16-25-22(24)5-4-13-32-25)28-9-8-27(38-28)19(2)35/h4-9,13,15-17,26,30H,10-12,14H2,1-3H3,(H,33,36)/t26-,30?/m0/s1. The average molecular weight is 553 g/mol. The van der Waals surface area contributed by atoms with Gasteiger partial charge in [-0.15, -0.1) is 11.3 Å². The van der Waals surface area contributed by atoms with Crippen LogP contribution in [0.3, 0.4) is 0 Å². The molecule has 6 nitrogen and oxygen atoms in total. The third kappa shape index (κ3) is 4.93. The zero-order chi connectivity index (χ0) is 27.3. The Bertz CT molecular complexity index is 1600. The van der Waals surface area contributed by atoms with Crippen LogP contribution in [0.1, 0.15) is 57.3 Å². The third-order valence-corrected chi connectivity index (χ3v) is 9.72. The molecule has 8 heteroatoms. The van der Waals surface area contributed by atoms with E-state index in [1.54, 1.807) is 13.1 Å². The van der Waals surface area contributed by atoms with E-state index in [4.69, 9.17) is 4.74 Å². The normalized spacial score (nSPS) is 18.8. The summed E-state index contributed by atoms with van der Waals surface area (Å²) in [6.07, 6.45) is 4.57. The maximum Gasteiger partial charge on any atom is 0.252 e. The predicted molar refractivity (Wildman–Crippen MR) is 156 cm³/mol. The maximum atomic E-state index is 13.7. The molecule has 1 aliphatic heterocycles. The van der Waals surface area contributed by atoms with Crippen molar-refractivity contribution in [1.29, 1.82) is 0 Å². The Labute approximate surface area is 235 Å². The van der Waals surface area contributed by atoms with Crippen molar-refractivity contribution in [3.63, 3.8) is 0 Å². The van der Waals surface area contributed by atoms with Gasteiger partial charge in [0.2, 0.25) is 0 Å². The van der Waals surface area contributed by atoms with Crippen LogP contribution in [-0.4, -0.2) is 57.2 Å². The minimum absolute atomic E-state index is 0.0590. The lowest BCUT2D eigenvalue weighted by Gasteiger charge is -2.41. The number of benzene rings is 2. The zero-order valence-electron chi connectivity index (χ0n) is 22.3. The fraction of sp³-hybridized carbons (Fsp3) is 0.323. The summed E-state index contributed by atoms with van der Waals surface area (Å²) < 4.78 is 6.17. The van der Waals surface area contributed by atoms with Gasteiger partial charge >= 0.3 is 0 Å². The van der Waals surface area contributed by atoms with E-state index in [2.05, 4.69) is 50.7 Å². The van der Waals surface area contributed by atoms with Crippen molar-refractivity contribution in [1.82, 2.24) is 15.2 Å². The Kier molecular flexibility index (Phi) is 6.65. The highest BCUT2D eigenvalue weighted by Crippen LogP contribution is 2.49. The molecular weight excluding hydrogens is 523 g/mol. The number of nitrogens with one attached hydrogen (secondary N) is 1. The largest absolute Gasteiger partial charge is 0.493 e. The second kappa shape index (κ2) is 10.0. The Morgan fingerprint density at radius 1 is 1.18 bits per heavy atom. The number of Topliss-reactive ketones (excluding diaryl/α,β-unsaturated/α-hetero) is 1. The van der Waals surface area contributed by atoms with Crippen LogP contribution in [0.15, 0.2) is 60.8 Å². The van der Waals surface area contributed by atoms with Crippen molar-refractivity contribution < 1.29 is 14.3 Å². The van der Waals surface area contributed by atoms with E-state index in [-0.39, 0.29) is 17.4 Å². The van der Waals surface area contributed by atoms with E-state index >= 15 is 0 Å². The van der Waals surface area contributed by atoms with E-state index in [1.165, 1.54) is 11.3 Å². The number of aryl methyl sites for hydroxylation is 1. The van der Waals surface area contributed by atoms with E-state index < -0.39 is 5.54 Å². The van der Waals surface area contributed by atoms with E-state index in [0.29, 0.717) is 17.4 Å². The second-order valence-corrected chi connectivity index (χ2v) is 12.4. The molecule has 1 amide bonds. The summed E-state index contributed by atoms with van der Waals surface area (Å²) in [5, 5.41) is 4.40. The molecule has 2 aromatic carbocycles. The van der Waals surface area contributed by atoms with Gasteiger partial charge in [0.05, 0.1) is 31.9 Å². The van der Waals surface area contributed by atoms with Crippen molar-refractivity contribution in [3.05, 3.63) is 82.4 Å². The van der Waals surface area contributed by atoms with Crippen molar-refractivity contribution in [2.24, 2.45) is 0 Å². The Morgan fingerprint density at radius 2 is 2.00 bits per heavy atom. The lowest BCUT2D eigenvalue weighted by molar-refractivity contribution is 0.0562. The number of thiophene rings is 1. The smallest absolute Gasteiger partial charge is 0.252 e. The van der Waals surface area contributed by atoms with Crippen LogP contribution in [0.2, 0.25) is 0 Å². The predicted octanol–water partition coefficient (Wildman–Crippen LogP) is 5.47. The van der Waals surface area contributed by atoms with Gasteiger partial charge in [-0.2, -0.15) is 0 Å². The number of hydrogen-bond donors (Lipinski definition) is 1. The maximum absolute atomic E-state index is 13.7. The molecule has 197 valence electrons. The molecule has 0 bridgehead atoms. The van der Waals surface area contributed by atoms with Crippen LogP contribution < -0.4 is 10.1 Å². The number of ketones is 1. The molecule has 1 saturated heterocycles. The van der Waals surface area contributed by atoms with Gasteiger partial charge in [0.25, 0.3) is 5.91 Å². The van der Waals surface area contributed by atoms with Crippen LogP contribution in [0.4, 0.5) is 0 Å². The number of amides is 1. The number of rotatable bonds is 8. The average Bonchev–Trinajstić information content (AvgIpc) is 3.50. The summed E-state index contributed by atoms with van der Waals surface area (Å²) in [5.74, 6) is 0.620. The summed E-state index contributed by atoms with van der Waals surface area (Å²) in [7, 11) is 5.82. The van der Waals surface area contributed by atoms with Gasteiger partial charge < -0.3 is 15.0 Å². The number of fused-ring (bicyclic) bond motifs is 1. The molecule has 3 heterocycles. The Morgan fingerprint density at radius 3 is 2.67 bits per heavy atom. The van der Waals surface area contributed by atoms with Crippen LogP contribution >= 0.6 is 11.3 Å². The second-order valence-electron chi connectivity index (χ2n) is 10.7. The van der Waals surface area contributed by atoms with E-state index in [9.17, 15) is 9.59 Å². The molecule has 1 saturated carbocycles. The first-order valence-corrected chi connectivity index (χ1v) is 14.6. The minimum Gasteiger partial charge on any atom is -0.493 e. The summed E-state index contributed by atoms with van der Waals surface area (Å²) in [6.45, 7) is 4.60. The van der Waals surface area contributed by atoms with Crippen LogP contribution in [0.5, 0.6) is 5.75 Å². The number of carbonyl (C=O) groups excluding carboxylic acids is 2. The number of nitrogens with zero attached hydrogens (tertiary/aromatic N) is 2. The van der Waals surface area contributed by atoms with Gasteiger partial charge in [-0.25, -0.2) is 0 Å². The molecule has 2 fully saturated rings. The lowest BCUT2D eigenvalue weighted by atomic mass is 9.95. The molecule has 1 unspecified atom stereocenters. The van der Waals surface area contributed by atoms with Gasteiger partial charge in [0, 0.05) is 28.1 Å². The third-order valence-electron chi connectivity index (χ3n) is 7.99. The van der Waals surface area contributed by atoms with Gasteiger partial charge in [-0.05, 0) is 106 Å². The van der Waals surface area contributed by atoms with Crippen molar-refractivity contribution in [3.8, 4) is 16.2 Å². The summed E-state index contributed by atoms with van der Waals surface area (Å²) in [5.41, 5.74) is 3.85. The van der Waals surface area contributed by atoms with Crippen molar-refractivity contribution >= 4 is 44.2 Å². The first-order chi connectivity index (χ1) is 18.7. The van der Waals surface area contributed by atoms with Crippen molar-refractivity contribution in [2.75, 3.05) is 13.6 Å². The fourth-order valence-corrected chi connectivity index (χ4v) is 6.78. The van der Waals surface area contributed by atoms with Crippen molar-refractivity contribution in [2.45, 2.75) is 50.4 Å². The monoisotopic (exact) mass is 552 g/mol. The summed E-state index contributed by atoms with van der Waals surface area (Å²) in [4.78, 5) is 34.3. The number of carbonyl (C=O) groups is 2. The van der Waals surface area contributed by atoms with Gasteiger partial charge in [0.1, 0.15) is 5.75 Å². The van der Waals surface area contributed by atoms with Crippen LogP contribution in [0, 0.1) is 6.92 Å². The molecule has 1 aliphatic carbocycles. The molecular formula is C31H30N3O3SSi. The summed E-state index contributed by atoms with van der Waals surface area (Å²) in [6, 6.07) is 18.1. The van der Waals surface area contributed by atoms with E-state index in [0.717, 1.165) is 63.2 Å². The number of likely N-dealkylation sites (tertiary alicyclic amines) is 1. The number of hydrogen-bond acceptors (Lipinski definition) is 6. The topological polar surface area (TPSA) is 71.5 Å². The molecule has 1 N–H and O–H groups in total. The van der Waals surface area contributed by atoms with Crippen LogP contribution in [0.25, 0.3) is 21.3 Å².